The summed E-state index contributed by atoms with van der Waals surface area (Å²) in [5.41, 5.74) is 6.99. The second-order valence-electron chi connectivity index (χ2n) is 3.21. The number of hydrogen-bond donors (Lipinski definition) is 1. The minimum atomic E-state index is 0.609. The Balaban J connectivity index is 2.48. The zero-order chi connectivity index (χ0) is 10.8. The molecule has 0 aliphatic rings. The molecule has 0 amide bonds. The molecule has 2 aromatic rings. The van der Waals surface area contributed by atoms with Crippen molar-refractivity contribution in [1.82, 2.24) is 14.8 Å². The van der Waals surface area contributed by atoms with Crippen LogP contribution in [0.3, 0.4) is 0 Å². The van der Waals surface area contributed by atoms with Crippen molar-refractivity contribution in [1.29, 1.82) is 0 Å². The molecule has 2 N–H and O–H groups in total. The predicted molar refractivity (Wildman–Crippen MR) is 62.3 cm³/mol. The Morgan fingerprint density at radius 2 is 2.20 bits per heavy atom. The van der Waals surface area contributed by atoms with Crippen molar-refractivity contribution in [2.24, 2.45) is 0 Å². The topological polar surface area (TPSA) is 56.7 Å². The van der Waals surface area contributed by atoms with E-state index in [-0.39, 0.29) is 0 Å². The zero-order valence-corrected chi connectivity index (χ0v) is 9.45. The van der Waals surface area contributed by atoms with Crippen LogP contribution in [0.4, 0.5) is 5.82 Å². The maximum Gasteiger partial charge on any atom is 0.155 e. The molecule has 0 bridgehead atoms. The predicted octanol–water partition coefficient (Wildman–Crippen LogP) is 1.88. The molecule has 0 aromatic carbocycles. The monoisotopic (exact) mass is 220 g/mol. The number of pyridine rings is 1. The number of hydrogen-bond acceptors (Lipinski definition) is 4. The number of aryl methyl sites for hydroxylation is 1. The molecule has 2 heterocycles. The van der Waals surface area contributed by atoms with Crippen LogP contribution < -0.4 is 5.73 Å². The van der Waals surface area contributed by atoms with Crippen molar-refractivity contribution < 1.29 is 0 Å². The van der Waals surface area contributed by atoms with E-state index in [0.29, 0.717) is 5.82 Å². The van der Waals surface area contributed by atoms with E-state index in [9.17, 15) is 0 Å². The van der Waals surface area contributed by atoms with Crippen LogP contribution in [-0.2, 0) is 0 Å². The van der Waals surface area contributed by atoms with Crippen molar-refractivity contribution in [2.45, 2.75) is 11.9 Å². The maximum absolute atomic E-state index is 5.85. The minimum absolute atomic E-state index is 0.609. The first-order valence-corrected chi connectivity index (χ1v) is 5.76. The molecular weight excluding hydrogens is 208 g/mol. The smallest absolute Gasteiger partial charge is 0.155 e. The Bertz CT molecular complexity index is 478. The summed E-state index contributed by atoms with van der Waals surface area (Å²) >= 11 is 1.56. The van der Waals surface area contributed by atoms with E-state index >= 15 is 0 Å². The van der Waals surface area contributed by atoms with Crippen LogP contribution in [0.15, 0.2) is 29.4 Å². The van der Waals surface area contributed by atoms with Gasteiger partial charge in [-0.2, -0.15) is 9.78 Å². The summed E-state index contributed by atoms with van der Waals surface area (Å²) in [6.45, 7) is 2.01. The number of nitrogens with zero attached hydrogens (tertiary/aromatic N) is 3. The standard InChI is InChI=1S/C10H12N4S/c1-7-3-4-12-9(5-7)14-8(11)6-10(13-14)15-2/h3-6H,11H2,1-2H3. The molecule has 0 aliphatic heterocycles. The molecular formula is C10H12N4S. The highest BCUT2D eigenvalue weighted by molar-refractivity contribution is 7.98. The van der Waals surface area contributed by atoms with E-state index in [1.54, 1.807) is 22.6 Å². The average Bonchev–Trinajstić information content (AvgIpc) is 2.60. The fraction of sp³-hybridized carbons (Fsp3) is 0.200. The third-order valence-electron chi connectivity index (χ3n) is 2.04. The van der Waals surface area contributed by atoms with E-state index in [2.05, 4.69) is 10.1 Å². The summed E-state index contributed by atoms with van der Waals surface area (Å²) in [5.74, 6) is 1.37. The van der Waals surface area contributed by atoms with Gasteiger partial charge in [0, 0.05) is 12.3 Å². The summed E-state index contributed by atoms with van der Waals surface area (Å²) in [5, 5.41) is 5.23. The lowest BCUT2D eigenvalue weighted by Crippen LogP contribution is -2.03. The molecule has 0 fully saturated rings. The van der Waals surface area contributed by atoms with E-state index in [1.165, 1.54) is 0 Å². The molecule has 0 radical (unpaired) electrons. The summed E-state index contributed by atoms with van der Waals surface area (Å²) in [6.07, 6.45) is 3.72. The lowest BCUT2D eigenvalue weighted by molar-refractivity contribution is 0.818. The molecule has 0 atom stereocenters. The fourth-order valence-corrected chi connectivity index (χ4v) is 1.69. The van der Waals surface area contributed by atoms with Gasteiger partial charge in [-0.1, -0.05) is 0 Å². The van der Waals surface area contributed by atoms with Gasteiger partial charge in [0.05, 0.1) is 0 Å². The lowest BCUT2D eigenvalue weighted by atomic mass is 10.3. The number of anilines is 1. The summed E-state index contributed by atoms with van der Waals surface area (Å²) in [4.78, 5) is 4.23. The van der Waals surface area contributed by atoms with E-state index in [1.807, 2.05) is 31.4 Å². The second kappa shape index (κ2) is 3.94. The first-order chi connectivity index (χ1) is 7.20. The van der Waals surface area contributed by atoms with Crippen LogP contribution in [0.25, 0.3) is 5.82 Å². The lowest BCUT2D eigenvalue weighted by Gasteiger charge is -2.02. The quantitative estimate of drug-likeness (QED) is 0.785. The fourth-order valence-electron chi connectivity index (χ4n) is 1.29. The SMILES string of the molecule is CSc1cc(N)n(-c2cc(C)ccn2)n1. The molecule has 5 heteroatoms. The van der Waals surface area contributed by atoms with Crippen molar-refractivity contribution in [3.05, 3.63) is 30.0 Å². The number of thioether (sulfide) groups is 1. The van der Waals surface area contributed by atoms with Crippen LogP contribution >= 0.6 is 11.8 Å². The van der Waals surface area contributed by atoms with E-state index in [0.717, 1.165) is 16.4 Å². The first-order valence-electron chi connectivity index (χ1n) is 4.53. The Hall–Kier alpha value is -1.49. The van der Waals surface area contributed by atoms with Crippen molar-refractivity contribution >= 4 is 17.6 Å². The van der Waals surface area contributed by atoms with Gasteiger partial charge in [0.1, 0.15) is 10.8 Å². The van der Waals surface area contributed by atoms with Crippen molar-refractivity contribution in [3.8, 4) is 5.82 Å². The van der Waals surface area contributed by atoms with E-state index < -0.39 is 0 Å². The number of nitrogens with two attached hydrogens (primary N) is 1. The normalized spacial score (nSPS) is 10.5. The Morgan fingerprint density at radius 3 is 2.80 bits per heavy atom. The minimum Gasteiger partial charge on any atom is -0.383 e. The van der Waals surface area contributed by atoms with Crippen LogP contribution in [-0.4, -0.2) is 21.0 Å². The summed E-state index contributed by atoms with van der Waals surface area (Å²) < 4.78 is 1.65. The van der Waals surface area contributed by atoms with Crippen LogP contribution in [0.1, 0.15) is 5.56 Å². The molecule has 2 aromatic heterocycles. The molecule has 0 unspecified atom stereocenters. The number of rotatable bonds is 2. The van der Waals surface area contributed by atoms with Crippen LogP contribution in [0, 0.1) is 6.92 Å². The molecule has 0 saturated carbocycles. The van der Waals surface area contributed by atoms with Crippen LogP contribution in [0.5, 0.6) is 0 Å². The Morgan fingerprint density at radius 1 is 1.40 bits per heavy atom. The molecule has 15 heavy (non-hydrogen) atoms. The molecule has 2 rings (SSSR count). The number of aromatic nitrogens is 3. The summed E-state index contributed by atoms with van der Waals surface area (Å²) in [7, 11) is 0. The van der Waals surface area contributed by atoms with Crippen LogP contribution in [0.2, 0.25) is 0 Å². The molecule has 0 aliphatic carbocycles. The van der Waals surface area contributed by atoms with Gasteiger partial charge in [-0.25, -0.2) is 4.98 Å². The Kier molecular flexibility index (Phi) is 2.64. The highest BCUT2D eigenvalue weighted by atomic mass is 32.2. The third-order valence-corrected chi connectivity index (χ3v) is 2.66. The zero-order valence-electron chi connectivity index (χ0n) is 8.64. The van der Waals surface area contributed by atoms with Gasteiger partial charge in [0.25, 0.3) is 0 Å². The van der Waals surface area contributed by atoms with Crippen molar-refractivity contribution in [2.75, 3.05) is 12.0 Å². The first kappa shape index (κ1) is 10.0. The van der Waals surface area contributed by atoms with Gasteiger partial charge >= 0.3 is 0 Å². The third kappa shape index (κ3) is 1.97. The van der Waals surface area contributed by atoms with Gasteiger partial charge in [-0.3, -0.25) is 0 Å². The largest absolute Gasteiger partial charge is 0.383 e. The highest BCUT2D eigenvalue weighted by Gasteiger charge is 2.06. The molecule has 0 spiro atoms. The van der Waals surface area contributed by atoms with Gasteiger partial charge in [0.2, 0.25) is 0 Å². The van der Waals surface area contributed by atoms with Gasteiger partial charge in [-0.15, -0.1) is 11.8 Å². The summed E-state index contributed by atoms with van der Waals surface area (Å²) in [6, 6.07) is 5.74. The van der Waals surface area contributed by atoms with E-state index in [4.69, 9.17) is 5.73 Å². The molecule has 78 valence electrons. The average molecular weight is 220 g/mol. The maximum atomic E-state index is 5.85. The highest BCUT2D eigenvalue weighted by Crippen LogP contribution is 2.19. The molecule has 0 saturated heterocycles. The Labute approximate surface area is 92.5 Å². The van der Waals surface area contributed by atoms with Gasteiger partial charge in [-0.05, 0) is 30.9 Å². The molecule has 4 nitrogen and oxygen atoms in total. The second-order valence-corrected chi connectivity index (χ2v) is 4.04. The number of nitrogen functional groups attached to an aromatic ring is 1. The van der Waals surface area contributed by atoms with Gasteiger partial charge < -0.3 is 5.73 Å². The van der Waals surface area contributed by atoms with Gasteiger partial charge in [0.15, 0.2) is 5.82 Å². The van der Waals surface area contributed by atoms with Crippen molar-refractivity contribution in [3.63, 3.8) is 0 Å².